The van der Waals surface area contributed by atoms with Gasteiger partial charge in [-0.2, -0.15) is 10.1 Å². The van der Waals surface area contributed by atoms with Crippen molar-refractivity contribution in [1.82, 2.24) is 30.0 Å². The van der Waals surface area contributed by atoms with Gasteiger partial charge in [-0.3, -0.25) is 5.10 Å². The lowest BCUT2D eigenvalue weighted by atomic mass is 10.1. The van der Waals surface area contributed by atoms with Gasteiger partial charge in [-0.05, 0) is 58.0 Å². The summed E-state index contributed by atoms with van der Waals surface area (Å²) in [6.45, 7) is 5.90. The topological polar surface area (TPSA) is 86.3 Å². The molecule has 2 aliphatic rings. The molecular weight excluding hydrogens is 428 g/mol. The lowest BCUT2D eigenvalue weighted by molar-refractivity contribution is 0.245. The molecule has 0 bridgehead atoms. The highest BCUT2D eigenvalue weighted by molar-refractivity contribution is 5.94. The molecule has 0 radical (unpaired) electrons. The lowest BCUT2D eigenvalue weighted by Crippen LogP contribution is -2.58. The Hall–Kier alpha value is -3.46. The van der Waals surface area contributed by atoms with E-state index in [0.29, 0.717) is 11.9 Å². The van der Waals surface area contributed by atoms with Gasteiger partial charge in [-0.1, -0.05) is 6.07 Å². The van der Waals surface area contributed by atoms with E-state index in [0.717, 1.165) is 71.1 Å². The number of ether oxygens (including phenoxy) is 1. The predicted molar refractivity (Wildman–Crippen MR) is 134 cm³/mol. The van der Waals surface area contributed by atoms with Crippen molar-refractivity contribution in [3.63, 3.8) is 0 Å². The van der Waals surface area contributed by atoms with Crippen molar-refractivity contribution in [3.05, 3.63) is 36.2 Å². The van der Waals surface area contributed by atoms with E-state index >= 15 is 0 Å². The van der Waals surface area contributed by atoms with Crippen molar-refractivity contribution < 1.29 is 4.74 Å². The van der Waals surface area contributed by atoms with E-state index in [-0.39, 0.29) is 0 Å². The van der Waals surface area contributed by atoms with Crippen LogP contribution in [0.3, 0.4) is 0 Å². The second kappa shape index (κ2) is 8.39. The monoisotopic (exact) mass is 458 g/mol. The minimum absolute atomic E-state index is 0.501. The number of pyridine rings is 1. The predicted octanol–water partition coefficient (Wildman–Crippen LogP) is 3.74. The number of nitrogens with one attached hydrogen (secondary N) is 1. The number of aromatic nitrogens is 5. The quantitative estimate of drug-likeness (QED) is 0.484. The third kappa shape index (κ3) is 3.60. The molecule has 4 aromatic rings. The molecule has 0 spiro atoms. The summed E-state index contributed by atoms with van der Waals surface area (Å²) in [7, 11) is 4.24. The molecule has 34 heavy (non-hydrogen) atoms. The average Bonchev–Trinajstić information content (AvgIpc) is 3.29. The van der Waals surface area contributed by atoms with Gasteiger partial charge in [0.05, 0.1) is 22.5 Å². The van der Waals surface area contributed by atoms with E-state index in [9.17, 15) is 0 Å². The standard InChI is InChI=1S/C25H30N8O/c1-16-7-8-20-19(13-27-30-20)22(16)34-24-21-18(9-10-26-24)23(32-11-5-4-6-12-32)29-25(28-21)33-14-17(15-33)31(2)3/h7-10,13,17H,4-6,11-12,14-15H2,1-3H3,(H,27,30). The molecule has 0 aliphatic carbocycles. The molecule has 9 nitrogen and oxygen atoms in total. The van der Waals surface area contributed by atoms with Crippen LogP contribution in [0.15, 0.2) is 30.6 Å². The summed E-state index contributed by atoms with van der Waals surface area (Å²) >= 11 is 0. The van der Waals surface area contributed by atoms with E-state index < -0.39 is 0 Å². The maximum absolute atomic E-state index is 6.48. The maximum Gasteiger partial charge on any atom is 0.246 e. The molecule has 0 atom stereocenters. The second-order valence-corrected chi connectivity index (χ2v) is 9.57. The number of aromatic amines is 1. The van der Waals surface area contributed by atoms with Gasteiger partial charge in [0.25, 0.3) is 0 Å². The van der Waals surface area contributed by atoms with E-state index in [1.54, 1.807) is 12.4 Å². The average molecular weight is 459 g/mol. The molecule has 2 fully saturated rings. The summed E-state index contributed by atoms with van der Waals surface area (Å²) in [6.07, 6.45) is 7.23. The van der Waals surface area contributed by atoms with Crippen LogP contribution in [0.2, 0.25) is 0 Å². The first-order valence-electron chi connectivity index (χ1n) is 12.0. The van der Waals surface area contributed by atoms with Gasteiger partial charge in [0.1, 0.15) is 17.1 Å². The van der Waals surface area contributed by atoms with E-state index in [1.165, 1.54) is 19.3 Å². The Morgan fingerprint density at radius 1 is 1.00 bits per heavy atom. The van der Waals surface area contributed by atoms with Gasteiger partial charge in [-0.25, -0.2) is 9.97 Å². The molecule has 0 saturated carbocycles. The van der Waals surface area contributed by atoms with Gasteiger partial charge < -0.3 is 19.4 Å². The first kappa shape index (κ1) is 21.1. The van der Waals surface area contributed by atoms with Crippen molar-refractivity contribution in [1.29, 1.82) is 0 Å². The molecule has 0 amide bonds. The molecule has 1 N–H and O–H groups in total. The summed E-state index contributed by atoms with van der Waals surface area (Å²) in [4.78, 5) is 21.6. The fourth-order valence-electron chi connectivity index (χ4n) is 4.84. The number of piperidine rings is 1. The Morgan fingerprint density at radius 3 is 2.62 bits per heavy atom. The summed E-state index contributed by atoms with van der Waals surface area (Å²) < 4.78 is 6.48. The zero-order valence-corrected chi connectivity index (χ0v) is 20.0. The second-order valence-electron chi connectivity index (χ2n) is 9.57. The smallest absolute Gasteiger partial charge is 0.246 e. The Bertz CT molecular complexity index is 1340. The Labute approximate surface area is 198 Å². The highest BCUT2D eigenvalue weighted by Crippen LogP contribution is 2.37. The molecule has 2 aliphatic heterocycles. The van der Waals surface area contributed by atoms with Crippen LogP contribution in [0.1, 0.15) is 24.8 Å². The molecule has 6 rings (SSSR count). The summed E-state index contributed by atoms with van der Waals surface area (Å²) in [5, 5.41) is 9.13. The van der Waals surface area contributed by atoms with Gasteiger partial charge in [0.2, 0.25) is 11.8 Å². The van der Waals surface area contributed by atoms with Gasteiger partial charge in [0.15, 0.2) is 0 Å². The number of H-pyrrole nitrogens is 1. The normalized spacial score (nSPS) is 17.1. The zero-order valence-electron chi connectivity index (χ0n) is 20.0. The molecule has 5 heterocycles. The molecular formula is C25H30N8O. The Kier molecular flexibility index (Phi) is 5.21. The van der Waals surface area contributed by atoms with Gasteiger partial charge >= 0.3 is 0 Å². The van der Waals surface area contributed by atoms with Crippen LogP contribution in [0, 0.1) is 6.92 Å². The third-order valence-corrected chi connectivity index (χ3v) is 7.05. The SMILES string of the molecule is Cc1ccc2[nH]ncc2c1Oc1nccc2c(N3CCCCC3)nc(N3CC(N(C)C)C3)nc12. The van der Waals surface area contributed by atoms with Gasteiger partial charge in [-0.15, -0.1) is 0 Å². The van der Waals surface area contributed by atoms with Crippen LogP contribution in [-0.2, 0) is 0 Å². The first-order chi connectivity index (χ1) is 16.6. The van der Waals surface area contributed by atoms with Crippen molar-refractivity contribution in [2.24, 2.45) is 0 Å². The number of benzene rings is 1. The van der Waals surface area contributed by atoms with Crippen molar-refractivity contribution in [2.45, 2.75) is 32.2 Å². The number of anilines is 2. The number of nitrogens with zero attached hydrogens (tertiary/aromatic N) is 7. The molecule has 1 aromatic carbocycles. The van der Waals surface area contributed by atoms with Crippen LogP contribution in [0.25, 0.3) is 21.8 Å². The minimum atomic E-state index is 0.501. The molecule has 3 aromatic heterocycles. The van der Waals surface area contributed by atoms with Gasteiger partial charge in [0, 0.05) is 38.4 Å². The van der Waals surface area contributed by atoms with Crippen LogP contribution < -0.4 is 14.5 Å². The third-order valence-electron chi connectivity index (χ3n) is 7.05. The number of hydrogen-bond donors (Lipinski definition) is 1. The van der Waals surface area contributed by atoms with Crippen LogP contribution in [0.5, 0.6) is 11.6 Å². The fourth-order valence-corrected chi connectivity index (χ4v) is 4.84. The summed E-state index contributed by atoms with van der Waals surface area (Å²) in [5.41, 5.74) is 2.71. The lowest BCUT2D eigenvalue weighted by Gasteiger charge is -2.43. The largest absolute Gasteiger partial charge is 0.436 e. The molecule has 9 heteroatoms. The number of fused-ring (bicyclic) bond motifs is 2. The summed E-state index contributed by atoms with van der Waals surface area (Å²) in [6, 6.07) is 6.58. The van der Waals surface area contributed by atoms with Crippen LogP contribution in [0.4, 0.5) is 11.8 Å². The van der Waals surface area contributed by atoms with E-state index in [1.807, 2.05) is 25.1 Å². The molecule has 2 saturated heterocycles. The Balaban J connectivity index is 1.46. The molecule has 176 valence electrons. The Morgan fingerprint density at radius 2 is 1.82 bits per heavy atom. The van der Waals surface area contributed by atoms with E-state index in [2.05, 4.69) is 44.0 Å². The fraction of sp³-hybridized carbons (Fsp3) is 0.440. The van der Waals surface area contributed by atoms with Crippen molar-refractivity contribution >= 4 is 33.6 Å². The minimum Gasteiger partial charge on any atom is -0.436 e. The van der Waals surface area contributed by atoms with Crippen LogP contribution >= 0.6 is 0 Å². The first-order valence-corrected chi connectivity index (χ1v) is 12.0. The number of rotatable bonds is 5. The highest BCUT2D eigenvalue weighted by Gasteiger charge is 2.32. The van der Waals surface area contributed by atoms with Crippen molar-refractivity contribution in [2.75, 3.05) is 50.1 Å². The maximum atomic E-state index is 6.48. The van der Waals surface area contributed by atoms with E-state index in [4.69, 9.17) is 14.7 Å². The number of hydrogen-bond acceptors (Lipinski definition) is 8. The number of aryl methyl sites for hydroxylation is 1. The van der Waals surface area contributed by atoms with Crippen LogP contribution in [-0.4, -0.2) is 76.4 Å². The zero-order chi connectivity index (χ0) is 23.2. The van der Waals surface area contributed by atoms with Crippen molar-refractivity contribution in [3.8, 4) is 11.6 Å². The molecule has 0 unspecified atom stereocenters. The highest BCUT2D eigenvalue weighted by atomic mass is 16.5. The summed E-state index contributed by atoms with van der Waals surface area (Å²) in [5.74, 6) is 2.99. The number of likely N-dealkylation sites (N-methyl/N-ethyl adjacent to an activating group) is 1.